The van der Waals surface area contributed by atoms with Gasteiger partial charge in [-0.2, -0.15) is 10.2 Å². The molecule has 106 valence electrons. The number of H-pyrrole nitrogens is 1. The second-order valence-corrected chi connectivity index (χ2v) is 4.45. The van der Waals surface area contributed by atoms with Gasteiger partial charge in [0.2, 0.25) is 5.65 Å². The Morgan fingerprint density at radius 3 is 2.90 bits per heavy atom. The number of hydrogen-bond donors (Lipinski definition) is 2. The first-order valence-corrected chi connectivity index (χ1v) is 6.19. The predicted octanol–water partition coefficient (Wildman–Crippen LogP) is 2.44. The Morgan fingerprint density at radius 1 is 1.38 bits per heavy atom. The highest BCUT2D eigenvalue weighted by atomic mass is 16.4. The van der Waals surface area contributed by atoms with Crippen molar-refractivity contribution in [2.45, 2.75) is 6.92 Å². The predicted molar refractivity (Wildman–Crippen MR) is 74.9 cm³/mol. The van der Waals surface area contributed by atoms with Crippen LogP contribution in [0.5, 0.6) is 0 Å². The van der Waals surface area contributed by atoms with Crippen LogP contribution in [0.4, 0.5) is 5.69 Å². The van der Waals surface area contributed by atoms with Gasteiger partial charge in [0, 0.05) is 12.6 Å². The lowest BCUT2D eigenvalue weighted by atomic mass is 10.1. The fourth-order valence-corrected chi connectivity index (χ4v) is 2.13. The highest BCUT2D eigenvalue weighted by molar-refractivity contribution is 5.89. The number of azo groups is 1. The van der Waals surface area contributed by atoms with Crippen molar-refractivity contribution in [3.8, 4) is 11.4 Å². The molecule has 0 spiro atoms. The number of carboxylic acids is 1. The molecule has 8 heteroatoms. The monoisotopic (exact) mass is 284 g/mol. The number of benzene rings is 1. The number of carboxylic acid groups (broad SMARTS) is 1. The average molecular weight is 284 g/mol. The van der Waals surface area contributed by atoms with Crippen LogP contribution in [-0.2, 0) is 0 Å². The molecule has 0 atom stereocenters. The Morgan fingerprint density at radius 2 is 2.19 bits per heavy atom. The number of carbonyl (C=O) groups is 1. The van der Waals surface area contributed by atoms with Gasteiger partial charge in [0.15, 0.2) is 11.5 Å². The summed E-state index contributed by atoms with van der Waals surface area (Å²) in [4.78, 5) is 11.1. The van der Waals surface area contributed by atoms with E-state index in [-0.39, 0.29) is 5.56 Å². The average Bonchev–Trinajstić information content (AvgIpc) is 3.00. The highest BCUT2D eigenvalue weighted by Gasteiger charge is 2.16. The van der Waals surface area contributed by atoms with Gasteiger partial charge in [-0.15, -0.1) is 10.2 Å². The van der Waals surface area contributed by atoms with Crippen molar-refractivity contribution in [1.82, 2.24) is 19.8 Å². The molecule has 0 saturated heterocycles. The Bertz CT molecular complexity index is 861. The Balaban J connectivity index is 2.20. The summed E-state index contributed by atoms with van der Waals surface area (Å²) in [5, 5.41) is 28.1. The number of aromatic carboxylic acids is 1. The Labute approximate surface area is 119 Å². The third-order valence-electron chi connectivity index (χ3n) is 3.08. The number of fused-ring (bicyclic) bond motifs is 1. The molecule has 0 unspecified atom stereocenters. The summed E-state index contributed by atoms with van der Waals surface area (Å²) in [6.45, 7) is 1.86. The summed E-state index contributed by atoms with van der Waals surface area (Å²) in [5.74, 6) is -0.463. The SMILES string of the molecule is CN=Nc1c(C)[nH]n2c(-c3cccc(C(=O)O)c3)nnc12. The van der Waals surface area contributed by atoms with Gasteiger partial charge >= 0.3 is 5.97 Å². The highest BCUT2D eigenvalue weighted by Crippen LogP contribution is 2.27. The van der Waals surface area contributed by atoms with E-state index in [9.17, 15) is 4.79 Å². The number of hydrogen-bond acceptors (Lipinski definition) is 5. The molecule has 0 amide bonds. The minimum atomic E-state index is -0.985. The first-order valence-electron chi connectivity index (χ1n) is 6.19. The van der Waals surface area contributed by atoms with E-state index in [2.05, 4.69) is 25.5 Å². The molecule has 8 nitrogen and oxygen atoms in total. The third-order valence-corrected chi connectivity index (χ3v) is 3.08. The molecule has 21 heavy (non-hydrogen) atoms. The lowest BCUT2D eigenvalue weighted by Gasteiger charge is -1.99. The number of aromatic nitrogens is 4. The van der Waals surface area contributed by atoms with E-state index < -0.39 is 5.97 Å². The summed E-state index contributed by atoms with van der Waals surface area (Å²) < 4.78 is 1.67. The normalized spacial score (nSPS) is 11.5. The molecule has 0 fully saturated rings. The standard InChI is InChI=1S/C13H12N6O2/c1-7-10(15-14-2)12-17-16-11(19(12)18-7)8-4-3-5-9(6-8)13(20)21/h3-6,18H,1-2H3,(H,20,21). The van der Waals surface area contributed by atoms with Crippen molar-refractivity contribution in [3.05, 3.63) is 35.5 Å². The molecular weight excluding hydrogens is 272 g/mol. The number of nitrogens with zero attached hydrogens (tertiary/aromatic N) is 5. The minimum Gasteiger partial charge on any atom is -0.478 e. The van der Waals surface area contributed by atoms with Gasteiger partial charge in [0.05, 0.1) is 11.3 Å². The number of nitrogens with one attached hydrogen (secondary N) is 1. The summed E-state index contributed by atoms with van der Waals surface area (Å²) in [7, 11) is 1.58. The summed E-state index contributed by atoms with van der Waals surface area (Å²) >= 11 is 0. The zero-order chi connectivity index (χ0) is 15.0. The quantitative estimate of drug-likeness (QED) is 0.720. The van der Waals surface area contributed by atoms with Crippen molar-refractivity contribution < 1.29 is 9.90 Å². The van der Waals surface area contributed by atoms with Crippen molar-refractivity contribution in [2.24, 2.45) is 10.2 Å². The Hall–Kier alpha value is -3.03. The maximum Gasteiger partial charge on any atom is 0.335 e. The third kappa shape index (κ3) is 2.06. The van der Waals surface area contributed by atoms with Crippen LogP contribution in [0.1, 0.15) is 16.1 Å². The molecule has 0 aliphatic rings. The summed E-state index contributed by atoms with van der Waals surface area (Å²) in [6.07, 6.45) is 0. The van der Waals surface area contributed by atoms with Crippen LogP contribution in [-0.4, -0.2) is 37.9 Å². The molecule has 2 heterocycles. The molecule has 0 aliphatic heterocycles. The lowest BCUT2D eigenvalue weighted by molar-refractivity contribution is 0.0697. The second kappa shape index (κ2) is 4.82. The molecule has 0 aliphatic carbocycles. The van der Waals surface area contributed by atoms with Crippen molar-refractivity contribution in [3.63, 3.8) is 0 Å². The van der Waals surface area contributed by atoms with E-state index in [1.807, 2.05) is 6.92 Å². The van der Waals surface area contributed by atoms with Crippen LogP contribution in [0.2, 0.25) is 0 Å². The molecule has 0 radical (unpaired) electrons. The Kier molecular flexibility index (Phi) is 2.98. The van der Waals surface area contributed by atoms with Crippen molar-refractivity contribution >= 4 is 17.3 Å². The first kappa shape index (κ1) is 13.0. The van der Waals surface area contributed by atoms with Crippen LogP contribution in [0.15, 0.2) is 34.5 Å². The maximum absolute atomic E-state index is 11.1. The van der Waals surface area contributed by atoms with Crippen molar-refractivity contribution in [1.29, 1.82) is 0 Å². The van der Waals surface area contributed by atoms with Crippen LogP contribution in [0, 0.1) is 6.92 Å². The van der Waals surface area contributed by atoms with Gasteiger partial charge in [-0.05, 0) is 19.1 Å². The van der Waals surface area contributed by atoms with Gasteiger partial charge < -0.3 is 5.11 Å². The first-order chi connectivity index (χ1) is 10.1. The molecule has 0 bridgehead atoms. The van der Waals surface area contributed by atoms with E-state index in [0.29, 0.717) is 22.7 Å². The molecule has 3 aromatic rings. The van der Waals surface area contributed by atoms with Crippen LogP contribution >= 0.6 is 0 Å². The van der Waals surface area contributed by atoms with Crippen LogP contribution < -0.4 is 0 Å². The molecule has 2 N–H and O–H groups in total. The maximum atomic E-state index is 11.1. The minimum absolute atomic E-state index is 0.195. The van der Waals surface area contributed by atoms with E-state index in [4.69, 9.17) is 5.11 Å². The van der Waals surface area contributed by atoms with E-state index >= 15 is 0 Å². The zero-order valence-electron chi connectivity index (χ0n) is 11.4. The molecule has 0 saturated carbocycles. The van der Waals surface area contributed by atoms with Crippen LogP contribution in [0.25, 0.3) is 17.0 Å². The van der Waals surface area contributed by atoms with Gasteiger partial charge in [0.1, 0.15) is 0 Å². The smallest absolute Gasteiger partial charge is 0.335 e. The molecule has 1 aromatic carbocycles. The second-order valence-electron chi connectivity index (χ2n) is 4.45. The fourth-order valence-electron chi connectivity index (χ4n) is 2.13. The van der Waals surface area contributed by atoms with Gasteiger partial charge in [-0.3, -0.25) is 5.10 Å². The number of aryl methyl sites for hydroxylation is 1. The topological polar surface area (TPSA) is 108 Å². The van der Waals surface area contributed by atoms with Gasteiger partial charge in [-0.1, -0.05) is 12.1 Å². The summed E-state index contributed by atoms with van der Waals surface area (Å²) in [5.41, 5.74) is 2.82. The lowest BCUT2D eigenvalue weighted by Crippen LogP contribution is -1.97. The zero-order valence-corrected chi connectivity index (χ0v) is 11.4. The van der Waals surface area contributed by atoms with Crippen LogP contribution in [0.3, 0.4) is 0 Å². The molecule has 3 rings (SSSR count). The van der Waals surface area contributed by atoms with Crippen molar-refractivity contribution in [2.75, 3.05) is 7.05 Å². The number of aromatic amines is 1. The number of rotatable bonds is 3. The fraction of sp³-hybridized carbons (Fsp3) is 0.154. The van der Waals surface area contributed by atoms with Gasteiger partial charge in [0.25, 0.3) is 0 Å². The summed E-state index contributed by atoms with van der Waals surface area (Å²) in [6, 6.07) is 6.53. The van der Waals surface area contributed by atoms with E-state index in [1.165, 1.54) is 6.07 Å². The molecular formula is C13H12N6O2. The molecule has 2 aromatic heterocycles. The van der Waals surface area contributed by atoms with E-state index in [0.717, 1.165) is 5.69 Å². The largest absolute Gasteiger partial charge is 0.478 e. The van der Waals surface area contributed by atoms with Gasteiger partial charge in [-0.25, -0.2) is 9.31 Å². The van der Waals surface area contributed by atoms with E-state index in [1.54, 1.807) is 29.8 Å².